The zero-order chi connectivity index (χ0) is 29.1. The van der Waals surface area contributed by atoms with Crippen LogP contribution in [0, 0.1) is 5.41 Å². The van der Waals surface area contributed by atoms with Crippen molar-refractivity contribution >= 4 is 32.1 Å². The molecule has 2 aromatic rings. The van der Waals surface area contributed by atoms with Crippen LogP contribution in [0.2, 0.25) is 0 Å². The fourth-order valence-corrected chi connectivity index (χ4v) is 4.98. The van der Waals surface area contributed by atoms with Crippen molar-refractivity contribution in [2.75, 3.05) is 25.7 Å². The normalized spacial score (nSPS) is 13.8. The average Bonchev–Trinajstić information content (AvgIpc) is 2.87. The molecule has 0 aliphatic rings. The summed E-state index contributed by atoms with van der Waals surface area (Å²) in [6.07, 6.45) is 2.72. The molecule has 0 bridgehead atoms. The van der Waals surface area contributed by atoms with E-state index in [0.717, 1.165) is 23.6 Å². The third kappa shape index (κ3) is 11.1. The minimum Gasteiger partial charge on any atom is -0.350 e. The third-order valence-electron chi connectivity index (χ3n) is 6.36. The van der Waals surface area contributed by atoms with Crippen LogP contribution in [-0.2, 0) is 51.0 Å². The van der Waals surface area contributed by atoms with Gasteiger partial charge in [0.15, 0.2) is 0 Å². The maximum atomic E-state index is 13.6. The van der Waals surface area contributed by atoms with E-state index >= 15 is 0 Å². The van der Waals surface area contributed by atoms with E-state index in [1.807, 2.05) is 60.7 Å². The van der Waals surface area contributed by atoms with Gasteiger partial charge in [0.05, 0.1) is 37.8 Å². The standard InChI is InChI=1S/C27H38N2O8S2/c1-5-27(6-2,25(30)28-23(19-36-38(3,32)33)17-21-13-9-7-10-14-21)26(31)29-24(20-37-39(4,34)35)18-22-15-11-8-12-16-22/h7-16,23-24H,5-6,17-20H2,1-4H3,(H,28,30)(H,29,31)/t23-,24-/m0/s1. The molecule has 0 spiro atoms. The van der Waals surface area contributed by atoms with E-state index in [9.17, 15) is 26.4 Å². The second-order valence-electron chi connectivity index (χ2n) is 9.49. The van der Waals surface area contributed by atoms with E-state index in [0.29, 0.717) is 0 Å². The van der Waals surface area contributed by atoms with Crippen LogP contribution in [0.1, 0.15) is 37.8 Å². The van der Waals surface area contributed by atoms with Gasteiger partial charge in [0.25, 0.3) is 20.2 Å². The predicted octanol–water partition coefficient (Wildman–Crippen LogP) is 2.20. The monoisotopic (exact) mass is 582 g/mol. The Hall–Kier alpha value is -2.80. The maximum absolute atomic E-state index is 13.6. The minimum atomic E-state index is -3.77. The quantitative estimate of drug-likeness (QED) is 0.226. The second kappa shape index (κ2) is 14.5. The predicted molar refractivity (Wildman–Crippen MR) is 149 cm³/mol. The van der Waals surface area contributed by atoms with E-state index in [1.165, 1.54) is 0 Å². The van der Waals surface area contributed by atoms with E-state index < -0.39 is 49.5 Å². The van der Waals surface area contributed by atoms with Crippen molar-refractivity contribution < 1.29 is 34.8 Å². The Morgan fingerprint density at radius 1 is 0.692 bits per heavy atom. The highest BCUT2D eigenvalue weighted by molar-refractivity contribution is 7.86. The molecule has 39 heavy (non-hydrogen) atoms. The first-order valence-corrected chi connectivity index (χ1v) is 16.3. The number of hydrogen-bond donors (Lipinski definition) is 2. The Kier molecular flexibility index (Phi) is 12.1. The summed E-state index contributed by atoms with van der Waals surface area (Å²) in [6, 6.07) is 16.9. The smallest absolute Gasteiger partial charge is 0.264 e. The van der Waals surface area contributed by atoms with Gasteiger partial charge in [-0.15, -0.1) is 0 Å². The number of rotatable bonds is 16. The van der Waals surface area contributed by atoms with E-state index in [-0.39, 0.29) is 38.9 Å². The first-order valence-electron chi connectivity index (χ1n) is 12.7. The Balaban J connectivity index is 2.27. The van der Waals surface area contributed by atoms with Crippen molar-refractivity contribution in [2.24, 2.45) is 5.41 Å². The van der Waals surface area contributed by atoms with Crippen molar-refractivity contribution in [3.8, 4) is 0 Å². The molecule has 0 aromatic heterocycles. The number of amides is 2. The summed E-state index contributed by atoms with van der Waals surface area (Å²) in [4.78, 5) is 27.3. The molecule has 0 unspecified atom stereocenters. The van der Waals surface area contributed by atoms with Crippen LogP contribution in [0.3, 0.4) is 0 Å². The molecule has 2 rings (SSSR count). The van der Waals surface area contributed by atoms with Gasteiger partial charge < -0.3 is 10.6 Å². The van der Waals surface area contributed by atoms with Gasteiger partial charge >= 0.3 is 0 Å². The van der Waals surface area contributed by atoms with Gasteiger partial charge in [0, 0.05) is 0 Å². The first kappa shape index (κ1) is 32.4. The van der Waals surface area contributed by atoms with Crippen LogP contribution in [0.15, 0.2) is 60.7 Å². The third-order valence-corrected chi connectivity index (χ3v) is 7.49. The number of nitrogens with one attached hydrogen (secondary N) is 2. The summed E-state index contributed by atoms with van der Waals surface area (Å²) >= 11 is 0. The van der Waals surface area contributed by atoms with Gasteiger partial charge in [-0.1, -0.05) is 74.5 Å². The maximum Gasteiger partial charge on any atom is 0.264 e. The lowest BCUT2D eigenvalue weighted by molar-refractivity contribution is -0.145. The van der Waals surface area contributed by atoms with E-state index in [4.69, 9.17) is 8.37 Å². The summed E-state index contributed by atoms with van der Waals surface area (Å²) in [5.41, 5.74) is 0.202. The Morgan fingerprint density at radius 3 is 1.31 bits per heavy atom. The highest BCUT2D eigenvalue weighted by Crippen LogP contribution is 2.28. The van der Waals surface area contributed by atoms with Gasteiger partial charge in [-0.05, 0) is 36.8 Å². The Morgan fingerprint density at radius 2 is 1.03 bits per heavy atom. The summed E-state index contributed by atoms with van der Waals surface area (Å²) < 4.78 is 56.5. The van der Waals surface area contributed by atoms with Crippen molar-refractivity contribution in [1.29, 1.82) is 0 Å². The van der Waals surface area contributed by atoms with Crippen LogP contribution in [0.4, 0.5) is 0 Å². The summed E-state index contributed by atoms with van der Waals surface area (Å²) in [7, 11) is -7.54. The fraction of sp³-hybridized carbons (Fsp3) is 0.481. The number of carbonyl (C=O) groups is 2. The van der Waals surface area contributed by atoms with Crippen molar-refractivity contribution in [3.05, 3.63) is 71.8 Å². The molecule has 2 N–H and O–H groups in total. The van der Waals surface area contributed by atoms with Crippen LogP contribution in [0.25, 0.3) is 0 Å². The molecule has 0 fully saturated rings. The molecule has 0 aliphatic heterocycles. The largest absolute Gasteiger partial charge is 0.350 e. The number of carbonyl (C=O) groups excluding carboxylic acids is 2. The summed E-state index contributed by atoms with van der Waals surface area (Å²) in [5, 5.41) is 5.65. The lowest BCUT2D eigenvalue weighted by atomic mass is 9.79. The lowest BCUT2D eigenvalue weighted by Gasteiger charge is -2.33. The highest BCUT2D eigenvalue weighted by Gasteiger charge is 2.44. The van der Waals surface area contributed by atoms with E-state index in [1.54, 1.807) is 13.8 Å². The molecule has 0 radical (unpaired) electrons. The molecule has 0 aliphatic carbocycles. The SMILES string of the molecule is CCC(CC)(C(=O)N[C@H](COS(C)(=O)=O)Cc1ccccc1)C(=O)N[C@H](COS(C)(=O)=O)Cc1ccccc1. The van der Waals surface area contributed by atoms with Gasteiger partial charge in [-0.25, -0.2) is 0 Å². The molecule has 2 aromatic carbocycles. The molecular formula is C27H38N2O8S2. The molecule has 0 saturated carbocycles. The minimum absolute atomic E-state index is 0.150. The molecule has 216 valence electrons. The fourth-order valence-electron chi connectivity index (χ4n) is 4.15. The van der Waals surface area contributed by atoms with Gasteiger partial charge in [0.2, 0.25) is 11.8 Å². The second-order valence-corrected chi connectivity index (χ2v) is 12.8. The molecule has 12 heteroatoms. The molecule has 2 atom stereocenters. The average molecular weight is 583 g/mol. The molecule has 10 nitrogen and oxygen atoms in total. The van der Waals surface area contributed by atoms with Crippen LogP contribution >= 0.6 is 0 Å². The van der Waals surface area contributed by atoms with Gasteiger partial charge in [-0.3, -0.25) is 18.0 Å². The topological polar surface area (TPSA) is 145 Å². The summed E-state index contributed by atoms with van der Waals surface area (Å²) in [6.45, 7) is 2.81. The lowest BCUT2D eigenvalue weighted by Crippen LogP contribution is -2.56. The zero-order valence-corrected chi connectivity index (χ0v) is 24.4. The molecule has 2 amide bonds. The highest BCUT2D eigenvalue weighted by atomic mass is 32.2. The zero-order valence-electron chi connectivity index (χ0n) is 22.8. The van der Waals surface area contributed by atoms with Crippen LogP contribution in [0.5, 0.6) is 0 Å². The molecular weight excluding hydrogens is 544 g/mol. The van der Waals surface area contributed by atoms with Gasteiger partial charge in [0.1, 0.15) is 5.41 Å². The molecule has 0 saturated heterocycles. The van der Waals surface area contributed by atoms with Crippen LogP contribution in [-0.4, -0.2) is 66.5 Å². The van der Waals surface area contributed by atoms with Gasteiger partial charge in [-0.2, -0.15) is 16.8 Å². The Bertz CT molecular complexity index is 1180. The van der Waals surface area contributed by atoms with Crippen LogP contribution < -0.4 is 10.6 Å². The first-order chi connectivity index (χ1) is 18.3. The van der Waals surface area contributed by atoms with Crippen molar-refractivity contribution in [2.45, 2.75) is 51.6 Å². The molecule has 0 heterocycles. The van der Waals surface area contributed by atoms with Crippen molar-refractivity contribution in [1.82, 2.24) is 10.6 Å². The van der Waals surface area contributed by atoms with E-state index in [2.05, 4.69) is 10.6 Å². The van der Waals surface area contributed by atoms with Crippen molar-refractivity contribution in [3.63, 3.8) is 0 Å². The number of benzene rings is 2. The number of hydrogen-bond acceptors (Lipinski definition) is 8. The summed E-state index contributed by atoms with van der Waals surface area (Å²) in [5.74, 6) is -1.16. The Labute approximate surface area is 231 Å².